The number of aromatic nitrogens is 2. The van der Waals surface area contributed by atoms with E-state index in [1.165, 1.54) is 14.0 Å². The van der Waals surface area contributed by atoms with Crippen molar-refractivity contribution in [3.63, 3.8) is 0 Å². The van der Waals surface area contributed by atoms with E-state index in [0.717, 1.165) is 4.57 Å². The molecular formula is C12H12N2O4. The second-order valence-electron chi connectivity index (χ2n) is 3.85. The number of aromatic amines is 1. The maximum absolute atomic E-state index is 12.1. The molecule has 0 aliphatic rings. The van der Waals surface area contributed by atoms with Crippen molar-refractivity contribution in [1.82, 2.24) is 9.55 Å². The Morgan fingerprint density at radius 2 is 2.00 bits per heavy atom. The minimum absolute atomic E-state index is 0.354. The van der Waals surface area contributed by atoms with Gasteiger partial charge in [0.2, 0.25) is 0 Å². The number of para-hydroxylation sites is 1. The summed E-state index contributed by atoms with van der Waals surface area (Å²) >= 11 is 0. The van der Waals surface area contributed by atoms with E-state index in [1.807, 2.05) is 0 Å². The first-order valence-corrected chi connectivity index (χ1v) is 5.37. The molecule has 1 aromatic heterocycles. The summed E-state index contributed by atoms with van der Waals surface area (Å²) in [6.07, 6.45) is 0. The Morgan fingerprint density at radius 1 is 1.33 bits per heavy atom. The van der Waals surface area contributed by atoms with Crippen LogP contribution in [0.15, 0.2) is 33.9 Å². The molecule has 1 aromatic carbocycles. The van der Waals surface area contributed by atoms with Crippen molar-refractivity contribution in [2.24, 2.45) is 0 Å². The zero-order valence-electron chi connectivity index (χ0n) is 9.97. The summed E-state index contributed by atoms with van der Waals surface area (Å²) in [6.45, 7) is 1.44. The van der Waals surface area contributed by atoms with Crippen molar-refractivity contribution < 1.29 is 9.53 Å². The molecule has 0 aliphatic carbocycles. The number of esters is 1. The molecule has 2 aromatic rings. The molecule has 94 valence electrons. The number of fused-ring (bicyclic) bond motifs is 1. The number of ether oxygens (including phenoxy) is 1. The number of rotatable bonds is 2. The molecule has 6 heteroatoms. The van der Waals surface area contributed by atoms with E-state index in [1.54, 1.807) is 24.3 Å². The van der Waals surface area contributed by atoms with Crippen molar-refractivity contribution in [1.29, 1.82) is 0 Å². The highest BCUT2D eigenvalue weighted by atomic mass is 16.5. The van der Waals surface area contributed by atoms with Crippen LogP contribution in [0.1, 0.15) is 13.0 Å². The van der Waals surface area contributed by atoms with Gasteiger partial charge in [0.25, 0.3) is 5.56 Å². The minimum atomic E-state index is -0.962. The normalized spacial score (nSPS) is 12.3. The van der Waals surface area contributed by atoms with Gasteiger partial charge < -0.3 is 9.72 Å². The fourth-order valence-corrected chi connectivity index (χ4v) is 1.80. The van der Waals surface area contributed by atoms with E-state index < -0.39 is 23.3 Å². The van der Waals surface area contributed by atoms with Crippen molar-refractivity contribution >= 4 is 16.9 Å². The van der Waals surface area contributed by atoms with Crippen LogP contribution in [-0.2, 0) is 9.53 Å². The molecule has 0 aliphatic heterocycles. The fourth-order valence-electron chi connectivity index (χ4n) is 1.80. The molecular weight excluding hydrogens is 236 g/mol. The molecule has 18 heavy (non-hydrogen) atoms. The molecule has 6 nitrogen and oxygen atoms in total. The highest BCUT2D eigenvalue weighted by Crippen LogP contribution is 2.06. The topological polar surface area (TPSA) is 81.2 Å². The van der Waals surface area contributed by atoms with Gasteiger partial charge in [-0.3, -0.25) is 4.79 Å². The molecule has 0 fully saturated rings. The Bertz CT molecular complexity index is 714. The number of nitrogens with zero attached hydrogens (tertiary/aromatic N) is 1. The SMILES string of the molecule is COC(=O)C(C)n1c(=O)[nH]c2ccccc2c1=O. The molecule has 1 atom stereocenters. The molecule has 0 amide bonds. The maximum Gasteiger partial charge on any atom is 0.329 e. The lowest BCUT2D eigenvalue weighted by atomic mass is 10.2. The molecule has 0 spiro atoms. The van der Waals surface area contributed by atoms with Crippen LogP contribution in [0.25, 0.3) is 10.9 Å². The van der Waals surface area contributed by atoms with Crippen LogP contribution >= 0.6 is 0 Å². The Morgan fingerprint density at radius 3 is 2.67 bits per heavy atom. The summed E-state index contributed by atoms with van der Waals surface area (Å²) in [5.41, 5.74) is -0.690. The molecule has 0 saturated heterocycles. The van der Waals surface area contributed by atoms with Gasteiger partial charge in [0.05, 0.1) is 18.0 Å². The van der Waals surface area contributed by atoms with E-state index in [9.17, 15) is 14.4 Å². The highest BCUT2D eigenvalue weighted by Gasteiger charge is 2.20. The van der Waals surface area contributed by atoms with Crippen LogP contribution in [0.5, 0.6) is 0 Å². The van der Waals surface area contributed by atoms with Crippen molar-refractivity contribution in [2.75, 3.05) is 7.11 Å². The molecule has 1 unspecified atom stereocenters. The number of hydrogen-bond donors (Lipinski definition) is 1. The smallest absolute Gasteiger partial charge is 0.329 e. The molecule has 0 radical (unpaired) electrons. The summed E-state index contributed by atoms with van der Waals surface area (Å²) < 4.78 is 5.39. The Balaban J connectivity index is 2.76. The van der Waals surface area contributed by atoms with Crippen molar-refractivity contribution in [3.05, 3.63) is 45.1 Å². The van der Waals surface area contributed by atoms with E-state index >= 15 is 0 Å². The van der Waals surface area contributed by atoms with Crippen LogP contribution in [-0.4, -0.2) is 22.6 Å². The van der Waals surface area contributed by atoms with Crippen molar-refractivity contribution in [3.8, 4) is 0 Å². The predicted octanol–water partition coefficient (Wildman–Crippen LogP) is 0.424. The number of carbonyl (C=O) groups excluding carboxylic acids is 1. The summed E-state index contributed by atoms with van der Waals surface area (Å²) in [7, 11) is 1.21. The first-order valence-electron chi connectivity index (χ1n) is 5.37. The standard InChI is InChI=1S/C12H12N2O4/c1-7(11(16)18-2)14-10(15)8-5-3-4-6-9(8)13-12(14)17/h3-7H,1-2H3,(H,13,17). The molecule has 2 rings (SSSR count). The number of hydrogen-bond acceptors (Lipinski definition) is 4. The Labute approximate surface area is 102 Å². The van der Waals surface area contributed by atoms with E-state index in [2.05, 4.69) is 9.72 Å². The monoisotopic (exact) mass is 248 g/mol. The second kappa shape index (κ2) is 4.48. The average molecular weight is 248 g/mol. The van der Waals surface area contributed by atoms with E-state index in [4.69, 9.17) is 0 Å². The third-order valence-electron chi connectivity index (χ3n) is 2.77. The van der Waals surface area contributed by atoms with Gasteiger partial charge in [-0.2, -0.15) is 0 Å². The molecule has 1 N–H and O–H groups in total. The first kappa shape index (κ1) is 12.1. The zero-order valence-corrected chi connectivity index (χ0v) is 9.97. The van der Waals surface area contributed by atoms with Gasteiger partial charge in [0.1, 0.15) is 6.04 Å². The molecule has 0 bridgehead atoms. The largest absolute Gasteiger partial charge is 0.467 e. The van der Waals surface area contributed by atoms with E-state index in [0.29, 0.717) is 10.9 Å². The number of carbonyl (C=O) groups is 1. The Hall–Kier alpha value is -2.37. The maximum atomic E-state index is 12.1. The van der Waals surface area contributed by atoms with Gasteiger partial charge >= 0.3 is 11.7 Å². The predicted molar refractivity (Wildman–Crippen MR) is 65.6 cm³/mol. The fraction of sp³-hybridized carbons (Fsp3) is 0.250. The van der Waals surface area contributed by atoms with Crippen LogP contribution in [0.2, 0.25) is 0 Å². The lowest BCUT2D eigenvalue weighted by molar-refractivity contribution is -0.144. The van der Waals surface area contributed by atoms with Crippen LogP contribution in [0, 0.1) is 0 Å². The molecule has 0 saturated carbocycles. The van der Waals surface area contributed by atoms with Gasteiger partial charge in [0, 0.05) is 0 Å². The molecule has 1 heterocycles. The summed E-state index contributed by atoms with van der Waals surface area (Å²) in [5, 5.41) is 0.354. The van der Waals surface area contributed by atoms with Crippen LogP contribution < -0.4 is 11.2 Å². The van der Waals surface area contributed by atoms with Gasteiger partial charge in [-0.05, 0) is 19.1 Å². The average Bonchev–Trinajstić information content (AvgIpc) is 2.37. The van der Waals surface area contributed by atoms with Crippen LogP contribution in [0.3, 0.4) is 0 Å². The minimum Gasteiger partial charge on any atom is -0.467 e. The lowest BCUT2D eigenvalue weighted by Crippen LogP contribution is -2.40. The van der Waals surface area contributed by atoms with Crippen LogP contribution in [0.4, 0.5) is 0 Å². The van der Waals surface area contributed by atoms with Gasteiger partial charge in [-0.25, -0.2) is 14.2 Å². The zero-order chi connectivity index (χ0) is 13.3. The third kappa shape index (κ3) is 1.81. The Kier molecular flexibility index (Phi) is 3.01. The third-order valence-corrected chi connectivity index (χ3v) is 2.77. The summed E-state index contributed by atoms with van der Waals surface area (Å²) in [5.74, 6) is -0.641. The number of H-pyrrole nitrogens is 1. The van der Waals surface area contributed by atoms with E-state index in [-0.39, 0.29) is 0 Å². The number of nitrogens with one attached hydrogen (secondary N) is 1. The van der Waals surface area contributed by atoms with Crippen molar-refractivity contribution in [2.45, 2.75) is 13.0 Å². The summed E-state index contributed by atoms with van der Waals surface area (Å²) in [6, 6.07) is 5.66. The second-order valence-corrected chi connectivity index (χ2v) is 3.85. The van der Waals surface area contributed by atoms with Gasteiger partial charge in [-0.15, -0.1) is 0 Å². The summed E-state index contributed by atoms with van der Waals surface area (Å²) in [4.78, 5) is 37.9. The van der Waals surface area contributed by atoms with Gasteiger partial charge in [0.15, 0.2) is 0 Å². The number of benzene rings is 1. The quantitative estimate of drug-likeness (QED) is 0.781. The lowest BCUT2D eigenvalue weighted by Gasteiger charge is -2.12. The van der Waals surface area contributed by atoms with Gasteiger partial charge in [-0.1, -0.05) is 12.1 Å². The first-order chi connectivity index (χ1) is 8.56. The highest BCUT2D eigenvalue weighted by molar-refractivity contribution is 5.78. The number of methoxy groups -OCH3 is 1.